The van der Waals surface area contributed by atoms with E-state index < -0.39 is 0 Å². The zero-order chi connectivity index (χ0) is 10.6. The third kappa shape index (κ3) is 2.23. The number of hydrogen-bond donors (Lipinski definition) is 1. The Balaban J connectivity index is 3.03. The van der Waals surface area contributed by atoms with Gasteiger partial charge in [0.2, 0.25) is 0 Å². The van der Waals surface area contributed by atoms with Crippen LogP contribution in [-0.2, 0) is 6.42 Å². The van der Waals surface area contributed by atoms with Crippen LogP contribution >= 0.6 is 0 Å². The Bertz CT molecular complexity index is 312. The molecule has 0 radical (unpaired) electrons. The summed E-state index contributed by atoms with van der Waals surface area (Å²) < 4.78 is 18.4. The molecule has 0 atom stereocenters. The van der Waals surface area contributed by atoms with Gasteiger partial charge in [-0.1, -0.05) is 6.07 Å². The Morgan fingerprint density at radius 1 is 1.43 bits per heavy atom. The van der Waals surface area contributed by atoms with Crippen LogP contribution in [0.4, 0.5) is 4.39 Å². The van der Waals surface area contributed by atoms with Crippen LogP contribution in [0.2, 0.25) is 0 Å². The number of rotatable bonds is 4. The highest BCUT2D eigenvalue weighted by Crippen LogP contribution is 2.25. The van der Waals surface area contributed by atoms with Gasteiger partial charge in [0.15, 0.2) is 11.6 Å². The molecule has 0 unspecified atom stereocenters. The van der Waals surface area contributed by atoms with Crippen LogP contribution in [0, 0.1) is 12.7 Å². The Morgan fingerprint density at radius 2 is 2.14 bits per heavy atom. The predicted molar refractivity (Wildman–Crippen MR) is 55.3 cm³/mol. The lowest BCUT2D eigenvalue weighted by atomic mass is 10.0. The van der Waals surface area contributed by atoms with Crippen molar-refractivity contribution in [2.45, 2.75) is 13.3 Å². The van der Waals surface area contributed by atoms with E-state index in [0.717, 1.165) is 24.1 Å². The molecule has 0 heterocycles. The third-order valence-corrected chi connectivity index (χ3v) is 2.28. The molecule has 0 saturated heterocycles. The van der Waals surface area contributed by atoms with Crippen molar-refractivity contribution in [3.05, 3.63) is 29.1 Å². The van der Waals surface area contributed by atoms with Crippen LogP contribution in [-0.4, -0.2) is 20.7 Å². The monoisotopic (exact) mass is 197 g/mol. The standard InChI is InChI=1S/C11H16FNO/c1-8-4-5-10(12)11(14-3)9(8)6-7-13-2/h4-5,13H,6-7H2,1-3H3. The van der Waals surface area contributed by atoms with Gasteiger partial charge in [0, 0.05) is 5.56 Å². The minimum atomic E-state index is -0.288. The second kappa shape index (κ2) is 4.96. The molecule has 0 spiro atoms. The first-order valence-corrected chi connectivity index (χ1v) is 4.67. The number of ether oxygens (including phenoxy) is 1. The van der Waals surface area contributed by atoms with E-state index in [0.29, 0.717) is 5.75 Å². The zero-order valence-corrected chi connectivity index (χ0v) is 8.86. The molecule has 0 aromatic heterocycles. The molecule has 1 N–H and O–H groups in total. The van der Waals surface area contributed by atoms with Crippen molar-refractivity contribution in [3.8, 4) is 5.75 Å². The summed E-state index contributed by atoms with van der Waals surface area (Å²) in [6.45, 7) is 2.79. The normalized spacial score (nSPS) is 10.3. The van der Waals surface area contributed by atoms with E-state index in [1.54, 1.807) is 6.07 Å². The van der Waals surface area contributed by atoms with Gasteiger partial charge in [-0.15, -0.1) is 0 Å². The molecular formula is C11H16FNO. The van der Waals surface area contributed by atoms with Crippen LogP contribution in [0.25, 0.3) is 0 Å². The first-order chi connectivity index (χ1) is 6.70. The summed E-state index contributed by atoms with van der Waals surface area (Å²) in [5, 5.41) is 3.04. The van der Waals surface area contributed by atoms with Gasteiger partial charge >= 0.3 is 0 Å². The van der Waals surface area contributed by atoms with Gasteiger partial charge in [-0.3, -0.25) is 0 Å². The van der Waals surface area contributed by atoms with E-state index in [-0.39, 0.29) is 5.82 Å². The summed E-state index contributed by atoms with van der Waals surface area (Å²) in [6.07, 6.45) is 0.781. The van der Waals surface area contributed by atoms with Crippen LogP contribution in [0.1, 0.15) is 11.1 Å². The molecule has 1 aromatic rings. The van der Waals surface area contributed by atoms with Gasteiger partial charge in [-0.05, 0) is 38.6 Å². The van der Waals surface area contributed by atoms with Crippen molar-refractivity contribution in [1.29, 1.82) is 0 Å². The van der Waals surface area contributed by atoms with Crippen molar-refractivity contribution < 1.29 is 9.13 Å². The molecule has 0 fully saturated rings. The van der Waals surface area contributed by atoms with Crippen molar-refractivity contribution in [2.75, 3.05) is 20.7 Å². The maximum Gasteiger partial charge on any atom is 0.165 e. The van der Waals surface area contributed by atoms with E-state index in [9.17, 15) is 4.39 Å². The van der Waals surface area contributed by atoms with Crippen molar-refractivity contribution >= 4 is 0 Å². The SMILES string of the molecule is CNCCc1c(C)ccc(F)c1OC. The summed E-state index contributed by atoms with van der Waals surface area (Å²) in [4.78, 5) is 0. The molecule has 2 nitrogen and oxygen atoms in total. The smallest absolute Gasteiger partial charge is 0.165 e. The molecule has 0 aliphatic rings. The number of hydrogen-bond acceptors (Lipinski definition) is 2. The van der Waals surface area contributed by atoms with Gasteiger partial charge in [-0.25, -0.2) is 4.39 Å². The maximum absolute atomic E-state index is 13.3. The second-order valence-corrected chi connectivity index (χ2v) is 3.23. The average Bonchev–Trinajstić information content (AvgIpc) is 2.19. The Labute approximate surface area is 84.1 Å². The molecule has 0 bridgehead atoms. The van der Waals surface area contributed by atoms with E-state index in [1.165, 1.54) is 13.2 Å². The summed E-state index contributed by atoms with van der Waals surface area (Å²) in [6, 6.07) is 3.22. The van der Waals surface area contributed by atoms with Crippen LogP contribution in [0.3, 0.4) is 0 Å². The fraction of sp³-hybridized carbons (Fsp3) is 0.455. The van der Waals surface area contributed by atoms with Crippen LogP contribution in [0.15, 0.2) is 12.1 Å². The number of aryl methyl sites for hydroxylation is 1. The molecule has 0 aliphatic carbocycles. The molecular weight excluding hydrogens is 181 g/mol. The molecule has 78 valence electrons. The van der Waals surface area contributed by atoms with Gasteiger partial charge in [0.25, 0.3) is 0 Å². The highest BCUT2D eigenvalue weighted by atomic mass is 19.1. The number of halogens is 1. The van der Waals surface area contributed by atoms with E-state index in [2.05, 4.69) is 5.32 Å². The van der Waals surface area contributed by atoms with Gasteiger partial charge in [0.05, 0.1) is 7.11 Å². The largest absolute Gasteiger partial charge is 0.493 e. The first kappa shape index (κ1) is 11.0. The summed E-state index contributed by atoms with van der Waals surface area (Å²) >= 11 is 0. The fourth-order valence-corrected chi connectivity index (χ4v) is 1.48. The number of benzene rings is 1. The van der Waals surface area contributed by atoms with Crippen molar-refractivity contribution in [3.63, 3.8) is 0 Å². The molecule has 0 saturated carbocycles. The minimum absolute atomic E-state index is 0.288. The molecule has 3 heteroatoms. The molecule has 1 rings (SSSR count). The fourth-order valence-electron chi connectivity index (χ4n) is 1.48. The molecule has 0 aliphatic heterocycles. The highest BCUT2D eigenvalue weighted by molar-refractivity contribution is 5.41. The summed E-state index contributed by atoms with van der Waals surface area (Å²) in [7, 11) is 3.38. The van der Waals surface area contributed by atoms with Gasteiger partial charge in [0.1, 0.15) is 0 Å². The van der Waals surface area contributed by atoms with Crippen LogP contribution < -0.4 is 10.1 Å². The number of nitrogens with one attached hydrogen (secondary N) is 1. The Kier molecular flexibility index (Phi) is 3.89. The lowest BCUT2D eigenvalue weighted by Crippen LogP contribution is -2.12. The van der Waals surface area contributed by atoms with E-state index >= 15 is 0 Å². The third-order valence-electron chi connectivity index (χ3n) is 2.28. The average molecular weight is 197 g/mol. The topological polar surface area (TPSA) is 21.3 Å². The lowest BCUT2D eigenvalue weighted by molar-refractivity contribution is 0.380. The van der Waals surface area contributed by atoms with Gasteiger partial charge in [-0.2, -0.15) is 0 Å². The van der Waals surface area contributed by atoms with Crippen molar-refractivity contribution in [2.24, 2.45) is 0 Å². The molecule has 0 amide bonds. The quantitative estimate of drug-likeness (QED) is 0.796. The Hall–Kier alpha value is -1.09. The Morgan fingerprint density at radius 3 is 2.71 bits per heavy atom. The second-order valence-electron chi connectivity index (χ2n) is 3.23. The summed E-state index contributed by atoms with van der Waals surface area (Å²) in [5.41, 5.74) is 2.01. The predicted octanol–water partition coefficient (Wildman–Crippen LogP) is 1.90. The maximum atomic E-state index is 13.3. The number of likely N-dealkylation sites (N-methyl/N-ethyl adjacent to an activating group) is 1. The summed E-state index contributed by atoms with van der Waals surface area (Å²) in [5.74, 6) is 0.0875. The van der Waals surface area contributed by atoms with E-state index in [4.69, 9.17) is 4.74 Å². The number of methoxy groups -OCH3 is 1. The lowest BCUT2D eigenvalue weighted by Gasteiger charge is -2.12. The minimum Gasteiger partial charge on any atom is -0.493 e. The molecule has 14 heavy (non-hydrogen) atoms. The van der Waals surface area contributed by atoms with E-state index in [1.807, 2.05) is 14.0 Å². The van der Waals surface area contributed by atoms with Gasteiger partial charge < -0.3 is 10.1 Å². The molecule has 1 aromatic carbocycles. The zero-order valence-electron chi connectivity index (χ0n) is 8.86. The van der Waals surface area contributed by atoms with Crippen LogP contribution in [0.5, 0.6) is 5.75 Å². The van der Waals surface area contributed by atoms with Crippen molar-refractivity contribution in [1.82, 2.24) is 5.32 Å². The highest BCUT2D eigenvalue weighted by Gasteiger charge is 2.10. The first-order valence-electron chi connectivity index (χ1n) is 4.67.